The molecule has 2 nitrogen and oxygen atoms in total. The molecule has 0 aliphatic carbocycles. The van der Waals surface area contributed by atoms with E-state index in [1.54, 1.807) is 6.92 Å². The molecule has 0 unspecified atom stereocenters. The van der Waals surface area contributed by atoms with Crippen LogP contribution in [0.4, 0.5) is 11.4 Å². The molecule has 2 aromatic carbocycles. The summed E-state index contributed by atoms with van der Waals surface area (Å²) in [6, 6.07) is 16.2. The van der Waals surface area contributed by atoms with Crippen LogP contribution in [0.3, 0.4) is 0 Å². The molecule has 0 N–H and O–H groups in total. The number of para-hydroxylation sites is 2. The minimum Gasteiger partial charge on any atom is -0.281 e. The number of nitrogens with zero attached hydrogens (tertiary/aromatic N) is 1. The van der Waals surface area contributed by atoms with Crippen LogP contribution >= 0.6 is 0 Å². The molecule has 2 aromatic rings. The highest BCUT2D eigenvalue weighted by molar-refractivity contribution is 6.00. The normalized spacial score (nSPS) is 10.3. The van der Waals surface area contributed by atoms with Gasteiger partial charge >= 0.3 is 0 Å². The Morgan fingerprint density at radius 3 is 1.60 bits per heavy atom. The summed E-state index contributed by atoms with van der Waals surface area (Å²) in [6.07, 6.45) is 1.82. The standard InChI is InChI=1S/C18H21NO/c1-4-15-10-6-8-12-17(15)19(14(3)20)18-13-9-7-11-16(18)5-2/h6-13H,4-5H2,1-3H3. The summed E-state index contributed by atoms with van der Waals surface area (Å²) in [5.41, 5.74) is 4.36. The molecule has 0 saturated heterocycles. The van der Waals surface area contributed by atoms with E-state index in [-0.39, 0.29) is 5.91 Å². The molecule has 0 saturated carbocycles. The highest BCUT2D eigenvalue weighted by Crippen LogP contribution is 2.31. The van der Waals surface area contributed by atoms with Crippen molar-refractivity contribution in [2.75, 3.05) is 4.90 Å². The van der Waals surface area contributed by atoms with Gasteiger partial charge < -0.3 is 0 Å². The van der Waals surface area contributed by atoms with Crippen LogP contribution in [-0.4, -0.2) is 5.91 Å². The molecule has 20 heavy (non-hydrogen) atoms. The molecular weight excluding hydrogens is 246 g/mol. The van der Waals surface area contributed by atoms with Crippen molar-refractivity contribution in [1.82, 2.24) is 0 Å². The van der Waals surface area contributed by atoms with Crippen LogP contribution in [-0.2, 0) is 17.6 Å². The molecule has 0 aromatic heterocycles. The molecule has 0 heterocycles. The van der Waals surface area contributed by atoms with Crippen molar-refractivity contribution in [3.05, 3.63) is 59.7 Å². The largest absolute Gasteiger partial charge is 0.281 e. The lowest BCUT2D eigenvalue weighted by Gasteiger charge is -2.26. The van der Waals surface area contributed by atoms with Crippen LogP contribution in [0.15, 0.2) is 48.5 Å². The van der Waals surface area contributed by atoms with Crippen molar-refractivity contribution in [2.24, 2.45) is 0 Å². The summed E-state index contributed by atoms with van der Waals surface area (Å²) < 4.78 is 0. The van der Waals surface area contributed by atoms with Gasteiger partial charge in [-0.25, -0.2) is 0 Å². The van der Waals surface area contributed by atoms with Gasteiger partial charge in [0.2, 0.25) is 5.91 Å². The van der Waals surface area contributed by atoms with Gasteiger partial charge in [0.1, 0.15) is 0 Å². The highest BCUT2D eigenvalue weighted by Gasteiger charge is 2.18. The van der Waals surface area contributed by atoms with E-state index in [0.29, 0.717) is 0 Å². The van der Waals surface area contributed by atoms with Gasteiger partial charge in [0, 0.05) is 6.92 Å². The Labute approximate surface area is 121 Å². The highest BCUT2D eigenvalue weighted by atomic mass is 16.2. The third-order valence-electron chi connectivity index (χ3n) is 3.54. The quantitative estimate of drug-likeness (QED) is 0.799. The van der Waals surface area contributed by atoms with Gasteiger partial charge in [-0.3, -0.25) is 9.69 Å². The Bertz CT molecular complexity index is 556. The predicted molar refractivity (Wildman–Crippen MR) is 84.5 cm³/mol. The molecule has 2 heteroatoms. The van der Waals surface area contributed by atoms with E-state index in [2.05, 4.69) is 26.0 Å². The van der Waals surface area contributed by atoms with Crippen molar-refractivity contribution < 1.29 is 4.79 Å². The fourth-order valence-corrected chi connectivity index (χ4v) is 2.52. The topological polar surface area (TPSA) is 20.3 Å². The summed E-state index contributed by atoms with van der Waals surface area (Å²) in [6.45, 7) is 5.85. The van der Waals surface area contributed by atoms with Gasteiger partial charge in [-0.05, 0) is 36.1 Å². The van der Waals surface area contributed by atoms with Crippen LogP contribution in [0.2, 0.25) is 0 Å². The second-order valence-electron chi connectivity index (χ2n) is 4.82. The monoisotopic (exact) mass is 267 g/mol. The van der Waals surface area contributed by atoms with E-state index >= 15 is 0 Å². The van der Waals surface area contributed by atoms with Gasteiger partial charge in [-0.15, -0.1) is 0 Å². The maximum absolute atomic E-state index is 12.2. The van der Waals surface area contributed by atoms with Gasteiger partial charge in [0.25, 0.3) is 0 Å². The second kappa shape index (κ2) is 6.38. The van der Waals surface area contributed by atoms with E-state index < -0.39 is 0 Å². The minimum absolute atomic E-state index is 0.0480. The summed E-state index contributed by atoms with van der Waals surface area (Å²) >= 11 is 0. The fraction of sp³-hybridized carbons (Fsp3) is 0.278. The van der Waals surface area contributed by atoms with Crippen molar-refractivity contribution in [3.8, 4) is 0 Å². The van der Waals surface area contributed by atoms with Crippen LogP contribution in [0, 0.1) is 0 Å². The molecule has 0 bridgehead atoms. The van der Waals surface area contributed by atoms with E-state index in [1.807, 2.05) is 41.3 Å². The molecule has 0 aliphatic rings. The molecule has 0 radical (unpaired) electrons. The molecular formula is C18H21NO. The number of carbonyl (C=O) groups is 1. The smallest absolute Gasteiger partial charge is 0.228 e. The molecule has 0 spiro atoms. The first kappa shape index (κ1) is 14.3. The lowest BCUT2D eigenvalue weighted by molar-refractivity contribution is -0.115. The number of hydrogen-bond acceptors (Lipinski definition) is 1. The average molecular weight is 267 g/mol. The average Bonchev–Trinajstić information content (AvgIpc) is 2.48. The Morgan fingerprint density at radius 2 is 1.25 bits per heavy atom. The van der Waals surface area contributed by atoms with Crippen molar-refractivity contribution >= 4 is 17.3 Å². The molecule has 0 aliphatic heterocycles. The lowest BCUT2D eigenvalue weighted by atomic mass is 10.1. The molecule has 1 amide bonds. The summed E-state index contributed by atoms with van der Waals surface area (Å²) in [5.74, 6) is 0.0480. The van der Waals surface area contributed by atoms with Crippen molar-refractivity contribution in [3.63, 3.8) is 0 Å². The van der Waals surface area contributed by atoms with Gasteiger partial charge in [-0.1, -0.05) is 50.2 Å². The van der Waals surface area contributed by atoms with Gasteiger partial charge in [-0.2, -0.15) is 0 Å². The van der Waals surface area contributed by atoms with Crippen LogP contribution in [0.25, 0.3) is 0 Å². The first-order valence-electron chi connectivity index (χ1n) is 7.15. The fourth-order valence-electron chi connectivity index (χ4n) is 2.52. The first-order chi connectivity index (χ1) is 9.69. The van der Waals surface area contributed by atoms with E-state index in [1.165, 1.54) is 11.1 Å². The SMILES string of the molecule is CCc1ccccc1N(C(C)=O)c1ccccc1CC. The molecule has 104 valence electrons. The van der Waals surface area contributed by atoms with Crippen LogP contribution < -0.4 is 4.90 Å². The number of anilines is 2. The number of amides is 1. The maximum Gasteiger partial charge on any atom is 0.228 e. The zero-order valence-corrected chi connectivity index (χ0v) is 12.4. The van der Waals surface area contributed by atoms with Crippen LogP contribution in [0.5, 0.6) is 0 Å². The van der Waals surface area contributed by atoms with Gasteiger partial charge in [0.15, 0.2) is 0 Å². The zero-order valence-electron chi connectivity index (χ0n) is 12.4. The number of hydrogen-bond donors (Lipinski definition) is 0. The molecule has 2 rings (SSSR count). The number of rotatable bonds is 4. The number of aryl methyl sites for hydroxylation is 2. The van der Waals surface area contributed by atoms with E-state index in [0.717, 1.165) is 24.2 Å². The zero-order chi connectivity index (χ0) is 14.5. The summed E-state index contributed by atoms with van der Waals surface area (Å²) in [7, 11) is 0. The number of benzene rings is 2. The van der Waals surface area contributed by atoms with E-state index in [4.69, 9.17) is 0 Å². The molecule has 0 atom stereocenters. The Morgan fingerprint density at radius 1 is 0.850 bits per heavy atom. The van der Waals surface area contributed by atoms with E-state index in [9.17, 15) is 4.79 Å². The Kier molecular flexibility index (Phi) is 4.57. The number of carbonyl (C=O) groups excluding carboxylic acids is 1. The third-order valence-corrected chi connectivity index (χ3v) is 3.54. The van der Waals surface area contributed by atoms with Crippen molar-refractivity contribution in [2.45, 2.75) is 33.6 Å². The maximum atomic E-state index is 12.2. The van der Waals surface area contributed by atoms with Crippen molar-refractivity contribution in [1.29, 1.82) is 0 Å². The molecule has 0 fully saturated rings. The third kappa shape index (κ3) is 2.74. The van der Waals surface area contributed by atoms with Crippen LogP contribution in [0.1, 0.15) is 31.9 Å². The Balaban J connectivity index is 2.60. The second-order valence-corrected chi connectivity index (χ2v) is 4.82. The predicted octanol–water partition coefficient (Wildman–Crippen LogP) is 4.50. The lowest BCUT2D eigenvalue weighted by Crippen LogP contribution is -2.25. The van der Waals surface area contributed by atoms with Gasteiger partial charge in [0.05, 0.1) is 11.4 Å². The Hall–Kier alpha value is -2.09. The summed E-state index contributed by atoms with van der Waals surface area (Å²) in [5, 5.41) is 0. The minimum atomic E-state index is 0.0480. The first-order valence-corrected chi connectivity index (χ1v) is 7.15. The summed E-state index contributed by atoms with van der Waals surface area (Å²) in [4.78, 5) is 14.0.